The monoisotopic (exact) mass is 278 g/mol. The molecule has 0 radical (unpaired) electrons. The van der Waals surface area contributed by atoms with Crippen LogP contribution in [0.3, 0.4) is 0 Å². The van der Waals surface area contributed by atoms with Gasteiger partial charge in [0.05, 0.1) is 24.9 Å². The van der Waals surface area contributed by atoms with Crippen molar-refractivity contribution in [2.45, 2.75) is 32.1 Å². The van der Waals surface area contributed by atoms with Gasteiger partial charge in [0.2, 0.25) is 5.91 Å². The van der Waals surface area contributed by atoms with Crippen LogP contribution in [-0.2, 0) is 24.1 Å². The average molecular weight is 278 g/mol. The lowest BCUT2D eigenvalue weighted by molar-refractivity contribution is -0.120. The molecule has 20 heavy (non-hydrogen) atoms. The Labute approximate surface area is 119 Å². The summed E-state index contributed by atoms with van der Waals surface area (Å²) in [5, 5.41) is 22.6. The normalized spacial score (nSPS) is 13.8. The first-order valence-corrected chi connectivity index (χ1v) is 7.22. The van der Waals surface area contributed by atoms with Crippen LogP contribution >= 0.6 is 0 Å². The molecule has 0 saturated carbocycles. The van der Waals surface area contributed by atoms with Crippen molar-refractivity contribution >= 4 is 5.91 Å². The number of fused-ring (bicyclic) bond motifs is 1. The fraction of sp³-hybridized carbons (Fsp3) is 0.643. The Kier molecular flexibility index (Phi) is 5.88. The molecule has 6 heteroatoms. The van der Waals surface area contributed by atoms with Gasteiger partial charge in [-0.25, -0.2) is 0 Å². The number of carbonyl (C=O) groups is 1. The summed E-state index contributed by atoms with van der Waals surface area (Å²) >= 11 is 0. The Morgan fingerprint density at radius 3 is 2.95 bits per heavy atom. The van der Waals surface area contributed by atoms with Crippen molar-refractivity contribution in [3.63, 3.8) is 0 Å². The lowest BCUT2D eigenvalue weighted by Gasteiger charge is -2.17. The molecule has 110 valence electrons. The molecular weight excluding hydrogens is 256 g/mol. The molecule has 0 atom stereocenters. The van der Waals surface area contributed by atoms with Gasteiger partial charge in [0.25, 0.3) is 0 Å². The van der Waals surface area contributed by atoms with Gasteiger partial charge >= 0.3 is 0 Å². The maximum Gasteiger partial charge on any atom is 0.226 e. The molecule has 1 heterocycles. The number of aromatic nitrogens is 2. The average Bonchev–Trinajstić information content (AvgIpc) is 2.47. The Morgan fingerprint density at radius 1 is 1.25 bits per heavy atom. The van der Waals surface area contributed by atoms with E-state index in [4.69, 9.17) is 5.11 Å². The number of amides is 1. The molecule has 0 unspecified atom stereocenters. The number of aryl methyl sites for hydroxylation is 1. The minimum atomic E-state index is -0.0240. The smallest absolute Gasteiger partial charge is 0.226 e. The van der Waals surface area contributed by atoms with Gasteiger partial charge in [-0.05, 0) is 36.8 Å². The second kappa shape index (κ2) is 7.91. The molecule has 6 nitrogen and oxygen atoms in total. The molecular formula is C14H22N4O2. The first-order valence-electron chi connectivity index (χ1n) is 7.22. The van der Waals surface area contributed by atoms with Gasteiger partial charge in [0.15, 0.2) is 0 Å². The Hall–Kier alpha value is -1.53. The third-order valence-electron chi connectivity index (χ3n) is 3.49. The fourth-order valence-electron chi connectivity index (χ4n) is 2.48. The van der Waals surface area contributed by atoms with Crippen LogP contribution < -0.4 is 10.6 Å². The van der Waals surface area contributed by atoms with Crippen molar-refractivity contribution in [3.05, 3.63) is 23.0 Å². The van der Waals surface area contributed by atoms with Crippen LogP contribution in [0.4, 0.5) is 0 Å². The SMILES string of the molecule is O=C(Cc1nncc2c1CCCC2)NCCNCCO. The number of nitrogens with zero attached hydrogens (tertiary/aromatic N) is 2. The number of rotatable bonds is 7. The second-order valence-electron chi connectivity index (χ2n) is 5.00. The van der Waals surface area contributed by atoms with E-state index in [-0.39, 0.29) is 12.5 Å². The van der Waals surface area contributed by atoms with E-state index < -0.39 is 0 Å². The highest BCUT2D eigenvalue weighted by molar-refractivity contribution is 5.78. The van der Waals surface area contributed by atoms with E-state index in [2.05, 4.69) is 20.8 Å². The largest absolute Gasteiger partial charge is 0.395 e. The molecule has 0 spiro atoms. The molecule has 1 amide bonds. The van der Waals surface area contributed by atoms with Crippen LogP contribution in [0.1, 0.15) is 29.7 Å². The van der Waals surface area contributed by atoms with Crippen LogP contribution in [0.15, 0.2) is 6.20 Å². The van der Waals surface area contributed by atoms with E-state index in [1.165, 1.54) is 24.0 Å². The predicted molar refractivity (Wildman–Crippen MR) is 75.3 cm³/mol. The minimum Gasteiger partial charge on any atom is -0.395 e. The van der Waals surface area contributed by atoms with Crippen LogP contribution in [-0.4, -0.2) is 47.5 Å². The summed E-state index contributed by atoms with van der Waals surface area (Å²) < 4.78 is 0. The maximum absolute atomic E-state index is 11.9. The number of aliphatic hydroxyl groups is 1. The summed E-state index contributed by atoms with van der Waals surface area (Å²) in [6.07, 6.45) is 6.54. The molecule has 1 aliphatic rings. The zero-order chi connectivity index (χ0) is 14.2. The van der Waals surface area contributed by atoms with E-state index in [1.54, 1.807) is 0 Å². The second-order valence-corrected chi connectivity index (χ2v) is 5.00. The standard InChI is InChI=1S/C14H22N4O2/c19-8-7-15-5-6-16-14(20)9-13-12-4-2-1-3-11(12)10-17-18-13/h10,15,19H,1-9H2,(H,16,20). The van der Waals surface area contributed by atoms with Gasteiger partial charge in [-0.15, -0.1) is 0 Å². The topological polar surface area (TPSA) is 87.1 Å². The van der Waals surface area contributed by atoms with Crippen molar-refractivity contribution in [3.8, 4) is 0 Å². The van der Waals surface area contributed by atoms with E-state index in [0.29, 0.717) is 26.1 Å². The van der Waals surface area contributed by atoms with E-state index in [1.807, 2.05) is 6.20 Å². The molecule has 0 aromatic carbocycles. The summed E-state index contributed by atoms with van der Waals surface area (Å²) in [6, 6.07) is 0. The van der Waals surface area contributed by atoms with Gasteiger partial charge in [-0.3, -0.25) is 4.79 Å². The third-order valence-corrected chi connectivity index (χ3v) is 3.49. The van der Waals surface area contributed by atoms with E-state index in [9.17, 15) is 4.79 Å². The maximum atomic E-state index is 11.9. The summed E-state index contributed by atoms with van der Waals surface area (Å²) in [5.41, 5.74) is 3.29. The highest BCUT2D eigenvalue weighted by atomic mass is 16.3. The number of hydrogen-bond donors (Lipinski definition) is 3. The number of nitrogens with one attached hydrogen (secondary N) is 2. The van der Waals surface area contributed by atoms with Gasteiger partial charge in [0.1, 0.15) is 0 Å². The van der Waals surface area contributed by atoms with Gasteiger partial charge < -0.3 is 15.7 Å². The van der Waals surface area contributed by atoms with Gasteiger partial charge in [0, 0.05) is 19.6 Å². The number of hydrogen-bond acceptors (Lipinski definition) is 5. The van der Waals surface area contributed by atoms with Crippen molar-refractivity contribution in [2.75, 3.05) is 26.2 Å². The van der Waals surface area contributed by atoms with E-state index in [0.717, 1.165) is 18.5 Å². The zero-order valence-corrected chi connectivity index (χ0v) is 11.7. The van der Waals surface area contributed by atoms with Crippen LogP contribution in [0.5, 0.6) is 0 Å². The highest BCUT2D eigenvalue weighted by Gasteiger charge is 2.16. The first-order chi connectivity index (χ1) is 9.81. The highest BCUT2D eigenvalue weighted by Crippen LogP contribution is 2.22. The lowest BCUT2D eigenvalue weighted by Crippen LogP contribution is -2.34. The molecule has 2 rings (SSSR count). The van der Waals surface area contributed by atoms with Crippen LogP contribution in [0.2, 0.25) is 0 Å². The lowest BCUT2D eigenvalue weighted by atomic mass is 9.91. The van der Waals surface area contributed by atoms with Gasteiger partial charge in [-0.2, -0.15) is 10.2 Å². The number of carbonyl (C=O) groups excluding carboxylic acids is 1. The summed E-state index contributed by atoms with van der Waals surface area (Å²) in [5.74, 6) is -0.0240. The summed E-state index contributed by atoms with van der Waals surface area (Å²) in [6.45, 7) is 1.87. The molecule has 0 aliphatic heterocycles. The molecule has 1 aromatic rings. The van der Waals surface area contributed by atoms with Crippen molar-refractivity contribution in [1.82, 2.24) is 20.8 Å². The Bertz CT molecular complexity index is 451. The summed E-state index contributed by atoms with van der Waals surface area (Å²) in [4.78, 5) is 11.9. The Balaban J connectivity index is 1.82. The molecule has 0 bridgehead atoms. The first kappa shape index (κ1) is 14.9. The molecule has 3 N–H and O–H groups in total. The van der Waals surface area contributed by atoms with E-state index >= 15 is 0 Å². The molecule has 1 aliphatic carbocycles. The summed E-state index contributed by atoms with van der Waals surface area (Å²) in [7, 11) is 0. The quantitative estimate of drug-likeness (QED) is 0.591. The van der Waals surface area contributed by atoms with Crippen molar-refractivity contribution in [1.29, 1.82) is 0 Å². The predicted octanol–water partition coefficient (Wildman–Crippen LogP) is -0.404. The van der Waals surface area contributed by atoms with Crippen LogP contribution in [0.25, 0.3) is 0 Å². The third kappa shape index (κ3) is 4.25. The molecule has 1 aromatic heterocycles. The number of aliphatic hydroxyl groups excluding tert-OH is 1. The molecule has 0 saturated heterocycles. The fourth-order valence-corrected chi connectivity index (χ4v) is 2.48. The van der Waals surface area contributed by atoms with Gasteiger partial charge in [-0.1, -0.05) is 0 Å². The van der Waals surface area contributed by atoms with Crippen molar-refractivity contribution in [2.24, 2.45) is 0 Å². The molecule has 0 fully saturated rings. The van der Waals surface area contributed by atoms with Crippen LogP contribution in [0, 0.1) is 0 Å². The zero-order valence-electron chi connectivity index (χ0n) is 11.7. The van der Waals surface area contributed by atoms with Crippen molar-refractivity contribution < 1.29 is 9.90 Å². The minimum absolute atomic E-state index is 0.0240. The Morgan fingerprint density at radius 2 is 2.10 bits per heavy atom.